The summed E-state index contributed by atoms with van der Waals surface area (Å²) in [6, 6.07) is 12.6. The number of rotatable bonds is 5. The molecule has 0 heterocycles. The van der Waals surface area contributed by atoms with Gasteiger partial charge in [-0.25, -0.2) is 0 Å². The highest BCUT2D eigenvalue weighted by molar-refractivity contribution is 5.92. The van der Waals surface area contributed by atoms with Crippen LogP contribution in [0, 0.1) is 19.3 Å². The van der Waals surface area contributed by atoms with Gasteiger partial charge < -0.3 is 14.8 Å². The Bertz CT molecular complexity index is 717. The SMILES string of the molecule is C#Cc1cccc(NC(=O)COc2ccc(C)cc2OC)c1. The Hall–Kier alpha value is -2.93. The first-order valence-corrected chi connectivity index (χ1v) is 6.76. The van der Waals surface area contributed by atoms with Crippen LogP contribution >= 0.6 is 0 Å². The molecular weight excluding hydrogens is 278 g/mol. The molecule has 0 atom stereocenters. The summed E-state index contributed by atoms with van der Waals surface area (Å²) in [6.45, 7) is 1.84. The molecule has 2 aromatic rings. The van der Waals surface area contributed by atoms with Crippen molar-refractivity contribution in [3.05, 3.63) is 53.6 Å². The molecule has 0 aliphatic rings. The second kappa shape index (κ2) is 7.19. The van der Waals surface area contributed by atoms with Crippen molar-refractivity contribution < 1.29 is 14.3 Å². The second-order valence-electron chi connectivity index (χ2n) is 4.72. The van der Waals surface area contributed by atoms with Gasteiger partial charge in [-0.3, -0.25) is 4.79 Å². The number of anilines is 1. The number of hydrogen-bond donors (Lipinski definition) is 1. The van der Waals surface area contributed by atoms with Crippen molar-refractivity contribution in [3.63, 3.8) is 0 Å². The lowest BCUT2D eigenvalue weighted by Gasteiger charge is -2.11. The summed E-state index contributed by atoms with van der Waals surface area (Å²) in [6.07, 6.45) is 5.33. The first-order chi connectivity index (χ1) is 10.6. The fourth-order valence-corrected chi connectivity index (χ4v) is 1.92. The second-order valence-corrected chi connectivity index (χ2v) is 4.72. The highest BCUT2D eigenvalue weighted by atomic mass is 16.5. The molecular formula is C18H17NO3. The van der Waals surface area contributed by atoms with Crippen LogP contribution in [0.2, 0.25) is 0 Å². The number of benzene rings is 2. The van der Waals surface area contributed by atoms with Gasteiger partial charge in [0.05, 0.1) is 7.11 Å². The van der Waals surface area contributed by atoms with Gasteiger partial charge in [0.25, 0.3) is 5.91 Å². The molecule has 4 heteroatoms. The van der Waals surface area contributed by atoms with E-state index in [0.717, 1.165) is 5.56 Å². The molecule has 0 unspecified atom stereocenters. The minimum absolute atomic E-state index is 0.111. The number of carbonyl (C=O) groups excluding carboxylic acids is 1. The Labute approximate surface area is 130 Å². The monoisotopic (exact) mass is 295 g/mol. The average Bonchev–Trinajstić information content (AvgIpc) is 2.53. The van der Waals surface area contributed by atoms with E-state index in [9.17, 15) is 4.79 Å². The average molecular weight is 295 g/mol. The minimum atomic E-state index is -0.267. The summed E-state index contributed by atoms with van der Waals surface area (Å²) >= 11 is 0. The smallest absolute Gasteiger partial charge is 0.262 e. The normalized spacial score (nSPS) is 9.68. The number of ether oxygens (including phenoxy) is 2. The van der Waals surface area contributed by atoms with Crippen LogP contribution < -0.4 is 14.8 Å². The zero-order valence-electron chi connectivity index (χ0n) is 12.6. The Balaban J connectivity index is 1.97. The molecule has 112 valence electrons. The van der Waals surface area contributed by atoms with Crippen LogP contribution in [0.5, 0.6) is 11.5 Å². The maximum atomic E-state index is 11.9. The van der Waals surface area contributed by atoms with Gasteiger partial charge in [-0.15, -0.1) is 6.42 Å². The van der Waals surface area contributed by atoms with Crippen LogP contribution in [0.25, 0.3) is 0 Å². The van der Waals surface area contributed by atoms with E-state index in [1.165, 1.54) is 0 Å². The molecule has 0 fully saturated rings. The Morgan fingerprint density at radius 3 is 2.77 bits per heavy atom. The lowest BCUT2D eigenvalue weighted by atomic mass is 10.2. The van der Waals surface area contributed by atoms with Crippen molar-refractivity contribution >= 4 is 11.6 Å². The van der Waals surface area contributed by atoms with Crippen LogP contribution in [-0.2, 0) is 4.79 Å². The number of methoxy groups -OCH3 is 1. The first kappa shape index (κ1) is 15.5. The van der Waals surface area contributed by atoms with Crippen molar-refractivity contribution in [3.8, 4) is 23.8 Å². The van der Waals surface area contributed by atoms with Gasteiger partial charge in [-0.2, -0.15) is 0 Å². The molecule has 0 saturated carbocycles. The molecule has 0 aliphatic heterocycles. The van der Waals surface area contributed by atoms with E-state index in [0.29, 0.717) is 22.7 Å². The molecule has 0 aromatic heterocycles. The highest BCUT2D eigenvalue weighted by Gasteiger charge is 2.08. The number of nitrogens with one attached hydrogen (secondary N) is 1. The predicted octanol–water partition coefficient (Wildman–Crippen LogP) is 3.00. The topological polar surface area (TPSA) is 47.6 Å². The Morgan fingerprint density at radius 2 is 2.05 bits per heavy atom. The fourth-order valence-electron chi connectivity index (χ4n) is 1.92. The molecule has 0 aliphatic carbocycles. The molecule has 0 spiro atoms. The lowest BCUT2D eigenvalue weighted by molar-refractivity contribution is -0.118. The summed E-state index contributed by atoms with van der Waals surface area (Å²) in [4.78, 5) is 11.9. The molecule has 2 rings (SSSR count). The zero-order valence-corrected chi connectivity index (χ0v) is 12.6. The van der Waals surface area contributed by atoms with E-state index >= 15 is 0 Å². The molecule has 0 bridgehead atoms. The van der Waals surface area contributed by atoms with Crippen LogP contribution in [0.3, 0.4) is 0 Å². The van der Waals surface area contributed by atoms with Crippen molar-refractivity contribution in [2.45, 2.75) is 6.92 Å². The zero-order chi connectivity index (χ0) is 15.9. The molecule has 0 radical (unpaired) electrons. The third-order valence-corrected chi connectivity index (χ3v) is 2.99. The van der Waals surface area contributed by atoms with Gasteiger partial charge in [0.2, 0.25) is 0 Å². The van der Waals surface area contributed by atoms with Gasteiger partial charge >= 0.3 is 0 Å². The number of carbonyl (C=O) groups is 1. The van der Waals surface area contributed by atoms with Crippen LogP contribution in [-0.4, -0.2) is 19.6 Å². The van der Waals surface area contributed by atoms with Gasteiger partial charge in [0.15, 0.2) is 18.1 Å². The van der Waals surface area contributed by atoms with Crippen LogP contribution in [0.15, 0.2) is 42.5 Å². The van der Waals surface area contributed by atoms with E-state index in [-0.39, 0.29) is 12.5 Å². The van der Waals surface area contributed by atoms with Gasteiger partial charge in [0, 0.05) is 11.3 Å². The van der Waals surface area contributed by atoms with Crippen molar-refractivity contribution in [2.75, 3.05) is 19.0 Å². The summed E-state index contributed by atoms with van der Waals surface area (Å²) in [5.41, 5.74) is 2.40. The molecule has 1 N–H and O–H groups in total. The fraction of sp³-hybridized carbons (Fsp3) is 0.167. The molecule has 0 saturated heterocycles. The van der Waals surface area contributed by atoms with Crippen molar-refractivity contribution in [2.24, 2.45) is 0 Å². The third-order valence-electron chi connectivity index (χ3n) is 2.99. The summed E-state index contributed by atoms with van der Waals surface area (Å²) in [5.74, 6) is 3.38. The van der Waals surface area contributed by atoms with E-state index in [2.05, 4.69) is 11.2 Å². The standard InChI is InChI=1S/C18H17NO3/c1-4-14-6-5-7-15(11-14)19-18(20)12-22-16-9-8-13(2)10-17(16)21-3/h1,5-11H,12H2,2-3H3,(H,19,20). The largest absolute Gasteiger partial charge is 0.493 e. The molecule has 2 aromatic carbocycles. The quantitative estimate of drug-likeness (QED) is 0.863. The highest BCUT2D eigenvalue weighted by Crippen LogP contribution is 2.27. The molecule has 22 heavy (non-hydrogen) atoms. The number of hydrogen-bond acceptors (Lipinski definition) is 3. The van der Waals surface area contributed by atoms with Gasteiger partial charge in [-0.1, -0.05) is 18.1 Å². The van der Waals surface area contributed by atoms with E-state index in [1.807, 2.05) is 19.1 Å². The molecule has 1 amide bonds. The Morgan fingerprint density at radius 1 is 1.23 bits per heavy atom. The summed E-state index contributed by atoms with van der Waals surface area (Å²) in [5, 5.41) is 2.74. The first-order valence-electron chi connectivity index (χ1n) is 6.76. The van der Waals surface area contributed by atoms with E-state index < -0.39 is 0 Å². The van der Waals surface area contributed by atoms with E-state index in [4.69, 9.17) is 15.9 Å². The maximum absolute atomic E-state index is 11.9. The third kappa shape index (κ3) is 4.03. The summed E-state index contributed by atoms with van der Waals surface area (Å²) in [7, 11) is 1.56. The number of terminal acetylenes is 1. The lowest BCUT2D eigenvalue weighted by Crippen LogP contribution is -2.20. The van der Waals surface area contributed by atoms with Crippen LogP contribution in [0.4, 0.5) is 5.69 Å². The maximum Gasteiger partial charge on any atom is 0.262 e. The number of amides is 1. The van der Waals surface area contributed by atoms with Gasteiger partial charge in [0.1, 0.15) is 0 Å². The van der Waals surface area contributed by atoms with Crippen molar-refractivity contribution in [1.29, 1.82) is 0 Å². The molecule has 4 nitrogen and oxygen atoms in total. The Kier molecular flexibility index (Phi) is 5.05. The van der Waals surface area contributed by atoms with Crippen molar-refractivity contribution in [1.82, 2.24) is 0 Å². The summed E-state index contributed by atoms with van der Waals surface area (Å²) < 4.78 is 10.7. The van der Waals surface area contributed by atoms with E-state index in [1.54, 1.807) is 37.4 Å². The number of aryl methyl sites for hydroxylation is 1. The van der Waals surface area contributed by atoms with Gasteiger partial charge in [-0.05, 0) is 42.8 Å². The predicted molar refractivity (Wildman–Crippen MR) is 86.2 cm³/mol. The minimum Gasteiger partial charge on any atom is -0.493 e. The van der Waals surface area contributed by atoms with Crippen LogP contribution in [0.1, 0.15) is 11.1 Å².